The fraction of sp³-hybridized carbons (Fsp3) is 0.684. The van der Waals surface area contributed by atoms with Gasteiger partial charge in [0.1, 0.15) is 0 Å². The van der Waals surface area contributed by atoms with Gasteiger partial charge in [-0.2, -0.15) is 0 Å². The monoisotopic (exact) mass is 313 g/mol. The average Bonchev–Trinajstić information content (AvgIpc) is 3.43. The molecule has 2 heterocycles. The lowest BCUT2D eigenvalue weighted by molar-refractivity contribution is -0.136. The predicted molar refractivity (Wildman–Crippen MR) is 89.7 cm³/mol. The second kappa shape index (κ2) is 6.60. The van der Waals surface area contributed by atoms with E-state index < -0.39 is 0 Å². The molecule has 3 unspecified atom stereocenters. The van der Waals surface area contributed by atoms with E-state index in [1.165, 1.54) is 32.1 Å². The molecule has 1 saturated heterocycles. The zero-order chi connectivity index (χ0) is 15.6. The molecule has 1 N–H and O–H groups in total. The first-order valence-corrected chi connectivity index (χ1v) is 9.25. The molecule has 3 atom stereocenters. The van der Waals surface area contributed by atoms with Crippen LogP contribution in [0.15, 0.2) is 24.5 Å². The first kappa shape index (κ1) is 15.1. The number of hydrogen-bond acceptors (Lipinski definition) is 3. The maximum absolute atomic E-state index is 13.1. The van der Waals surface area contributed by atoms with Crippen molar-refractivity contribution in [1.29, 1.82) is 0 Å². The zero-order valence-electron chi connectivity index (χ0n) is 13.8. The fourth-order valence-electron chi connectivity index (χ4n) is 4.63. The number of aromatic nitrogens is 1. The number of pyridine rings is 1. The Balaban J connectivity index is 1.44. The van der Waals surface area contributed by atoms with Gasteiger partial charge in [0.05, 0.1) is 6.04 Å². The first-order valence-electron chi connectivity index (χ1n) is 9.25. The van der Waals surface area contributed by atoms with Crippen molar-refractivity contribution in [2.45, 2.75) is 44.6 Å². The van der Waals surface area contributed by atoms with E-state index in [0.29, 0.717) is 17.7 Å². The molecule has 3 fully saturated rings. The zero-order valence-corrected chi connectivity index (χ0v) is 13.8. The van der Waals surface area contributed by atoms with Gasteiger partial charge in [0, 0.05) is 37.9 Å². The van der Waals surface area contributed by atoms with Crippen molar-refractivity contribution < 1.29 is 4.79 Å². The summed E-state index contributed by atoms with van der Waals surface area (Å²) in [6, 6.07) is 4.21. The lowest BCUT2D eigenvalue weighted by atomic mass is 9.85. The summed E-state index contributed by atoms with van der Waals surface area (Å²) in [5.74, 6) is 2.19. The maximum atomic E-state index is 13.1. The highest BCUT2D eigenvalue weighted by atomic mass is 16.2. The number of rotatable bonds is 3. The van der Waals surface area contributed by atoms with Crippen molar-refractivity contribution in [2.75, 3.05) is 19.6 Å². The van der Waals surface area contributed by atoms with Crippen LogP contribution < -0.4 is 5.32 Å². The fourth-order valence-corrected chi connectivity index (χ4v) is 4.63. The van der Waals surface area contributed by atoms with Gasteiger partial charge in [-0.1, -0.05) is 38.2 Å². The van der Waals surface area contributed by atoms with Gasteiger partial charge in [0.2, 0.25) is 5.91 Å². The van der Waals surface area contributed by atoms with Crippen LogP contribution in [0.3, 0.4) is 0 Å². The standard InChI is InChI=1S/C19H27N3O/c23-19(17-11-16(17)14-5-2-1-3-6-14)22-10-9-21-13-18(22)15-7-4-8-20-12-15/h4,7-8,12,14,16-18,21H,1-3,5-6,9-11,13H2. The summed E-state index contributed by atoms with van der Waals surface area (Å²) < 4.78 is 0. The van der Waals surface area contributed by atoms with Crippen LogP contribution >= 0.6 is 0 Å². The molecule has 1 amide bonds. The Morgan fingerprint density at radius 2 is 2.13 bits per heavy atom. The Morgan fingerprint density at radius 1 is 1.26 bits per heavy atom. The molecule has 4 nitrogen and oxygen atoms in total. The summed E-state index contributed by atoms with van der Waals surface area (Å²) in [7, 11) is 0. The molecule has 23 heavy (non-hydrogen) atoms. The Hall–Kier alpha value is -1.42. The summed E-state index contributed by atoms with van der Waals surface area (Å²) in [4.78, 5) is 19.4. The quantitative estimate of drug-likeness (QED) is 0.933. The second-order valence-electron chi connectivity index (χ2n) is 7.44. The van der Waals surface area contributed by atoms with Crippen molar-refractivity contribution in [3.8, 4) is 0 Å². The van der Waals surface area contributed by atoms with Crippen LogP contribution in [0, 0.1) is 17.8 Å². The summed E-state index contributed by atoms with van der Waals surface area (Å²) in [5, 5.41) is 3.43. The summed E-state index contributed by atoms with van der Waals surface area (Å²) in [5.41, 5.74) is 1.16. The molecule has 1 aromatic rings. The van der Waals surface area contributed by atoms with E-state index in [9.17, 15) is 4.79 Å². The molecule has 3 aliphatic rings. The molecule has 124 valence electrons. The van der Waals surface area contributed by atoms with Crippen molar-refractivity contribution in [2.24, 2.45) is 17.8 Å². The predicted octanol–water partition coefficient (Wildman–Crippen LogP) is 2.77. The van der Waals surface area contributed by atoms with Crippen LogP contribution in [-0.4, -0.2) is 35.4 Å². The SMILES string of the molecule is O=C(C1CC1C1CCCCC1)N1CCNCC1c1cccnc1. The molecular weight excluding hydrogens is 286 g/mol. The third-order valence-corrected chi connectivity index (χ3v) is 6.01. The first-order chi connectivity index (χ1) is 11.3. The molecule has 0 bridgehead atoms. The number of carbonyl (C=O) groups excluding carboxylic acids is 1. The van der Waals surface area contributed by atoms with Crippen molar-refractivity contribution in [3.05, 3.63) is 30.1 Å². The minimum Gasteiger partial charge on any atom is -0.333 e. The number of piperazine rings is 1. The van der Waals surface area contributed by atoms with E-state index in [1.807, 2.05) is 12.3 Å². The number of hydrogen-bond donors (Lipinski definition) is 1. The maximum Gasteiger partial charge on any atom is 0.226 e. The third kappa shape index (κ3) is 3.14. The van der Waals surface area contributed by atoms with Crippen LogP contribution in [0.5, 0.6) is 0 Å². The van der Waals surface area contributed by atoms with Crippen LogP contribution in [0.25, 0.3) is 0 Å². The van der Waals surface area contributed by atoms with Gasteiger partial charge in [-0.25, -0.2) is 0 Å². The van der Waals surface area contributed by atoms with E-state index in [2.05, 4.69) is 21.3 Å². The van der Waals surface area contributed by atoms with Crippen molar-refractivity contribution >= 4 is 5.91 Å². The minimum atomic E-state index is 0.151. The van der Waals surface area contributed by atoms with E-state index in [0.717, 1.165) is 37.5 Å². The number of nitrogens with zero attached hydrogens (tertiary/aromatic N) is 2. The smallest absolute Gasteiger partial charge is 0.226 e. The lowest BCUT2D eigenvalue weighted by Gasteiger charge is -2.37. The van der Waals surface area contributed by atoms with Gasteiger partial charge >= 0.3 is 0 Å². The Bertz CT molecular complexity index is 541. The van der Waals surface area contributed by atoms with Gasteiger partial charge in [-0.15, -0.1) is 0 Å². The van der Waals surface area contributed by atoms with E-state index >= 15 is 0 Å². The highest BCUT2D eigenvalue weighted by molar-refractivity contribution is 5.82. The second-order valence-corrected chi connectivity index (χ2v) is 7.44. The summed E-state index contributed by atoms with van der Waals surface area (Å²) in [6.07, 6.45) is 11.7. The average molecular weight is 313 g/mol. The highest BCUT2D eigenvalue weighted by Crippen LogP contribution is 2.50. The summed E-state index contributed by atoms with van der Waals surface area (Å²) >= 11 is 0. The van der Waals surface area contributed by atoms with Gasteiger partial charge in [-0.05, 0) is 29.9 Å². The van der Waals surface area contributed by atoms with Crippen molar-refractivity contribution in [3.63, 3.8) is 0 Å². The molecule has 0 radical (unpaired) electrons. The molecule has 1 aliphatic heterocycles. The molecule has 0 spiro atoms. The normalized spacial score (nSPS) is 31.8. The molecule has 0 aromatic carbocycles. The third-order valence-electron chi connectivity index (χ3n) is 6.01. The van der Waals surface area contributed by atoms with E-state index in [1.54, 1.807) is 6.20 Å². The minimum absolute atomic E-state index is 0.151. The van der Waals surface area contributed by atoms with Gasteiger partial charge < -0.3 is 10.2 Å². The number of nitrogens with one attached hydrogen (secondary N) is 1. The molecule has 1 aromatic heterocycles. The molecule has 2 saturated carbocycles. The van der Waals surface area contributed by atoms with Gasteiger partial charge in [-0.3, -0.25) is 9.78 Å². The molecule has 4 heteroatoms. The number of amides is 1. The van der Waals surface area contributed by atoms with Crippen LogP contribution in [0.2, 0.25) is 0 Å². The van der Waals surface area contributed by atoms with E-state index in [-0.39, 0.29) is 6.04 Å². The Morgan fingerprint density at radius 3 is 2.91 bits per heavy atom. The van der Waals surface area contributed by atoms with Gasteiger partial charge in [0.25, 0.3) is 0 Å². The molecular formula is C19H27N3O. The molecule has 2 aliphatic carbocycles. The molecule has 4 rings (SSSR count). The van der Waals surface area contributed by atoms with Crippen LogP contribution in [0.4, 0.5) is 0 Å². The summed E-state index contributed by atoms with van der Waals surface area (Å²) in [6.45, 7) is 2.58. The van der Waals surface area contributed by atoms with Crippen LogP contribution in [0.1, 0.15) is 50.1 Å². The van der Waals surface area contributed by atoms with E-state index in [4.69, 9.17) is 0 Å². The number of carbonyl (C=O) groups is 1. The van der Waals surface area contributed by atoms with Gasteiger partial charge in [0.15, 0.2) is 0 Å². The Kier molecular flexibility index (Phi) is 4.34. The lowest BCUT2D eigenvalue weighted by Crippen LogP contribution is -2.49. The Labute approximate surface area is 138 Å². The largest absolute Gasteiger partial charge is 0.333 e. The topological polar surface area (TPSA) is 45.2 Å². The van der Waals surface area contributed by atoms with Crippen molar-refractivity contribution in [1.82, 2.24) is 15.2 Å². The van der Waals surface area contributed by atoms with Crippen LogP contribution in [-0.2, 0) is 4.79 Å². The highest BCUT2D eigenvalue weighted by Gasteiger charge is 2.49.